The minimum absolute atomic E-state index is 0.136. The van der Waals surface area contributed by atoms with Crippen molar-refractivity contribution < 1.29 is 19.1 Å². The predicted octanol–water partition coefficient (Wildman–Crippen LogP) is 3.22. The summed E-state index contributed by atoms with van der Waals surface area (Å²) >= 11 is 0. The molecule has 28 heavy (non-hydrogen) atoms. The van der Waals surface area contributed by atoms with E-state index in [1.807, 2.05) is 32.9 Å². The van der Waals surface area contributed by atoms with Gasteiger partial charge < -0.3 is 14.8 Å². The lowest BCUT2D eigenvalue weighted by molar-refractivity contribution is -0.154. The molecule has 2 rings (SSSR count). The number of rotatable bonds is 6. The first kappa shape index (κ1) is 22.0. The first-order valence-corrected chi connectivity index (χ1v) is 9.89. The van der Waals surface area contributed by atoms with Gasteiger partial charge >= 0.3 is 5.97 Å². The van der Waals surface area contributed by atoms with Gasteiger partial charge in [-0.05, 0) is 82.2 Å². The van der Waals surface area contributed by atoms with Gasteiger partial charge in [-0.25, -0.2) is 4.79 Å². The van der Waals surface area contributed by atoms with Gasteiger partial charge in [0.1, 0.15) is 5.54 Å². The summed E-state index contributed by atoms with van der Waals surface area (Å²) in [4.78, 5) is 25.3. The zero-order chi connectivity index (χ0) is 20.7. The molecule has 1 amide bonds. The number of carbonyl (C=O) groups is 2. The Morgan fingerprint density at radius 3 is 2.32 bits per heavy atom. The maximum Gasteiger partial charge on any atom is 0.331 e. The molecule has 0 radical (unpaired) electrons. The van der Waals surface area contributed by atoms with Crippen molar-refractivity contribution in [2.75, 3.05) is 13.7 Å². The molecule has 5 nitrogen and oxygen atoms in total. The quantitative estimate of drug-likeness (QED) is 0.603. The Morgan fingerprint density at radius 1 is 1.21 bits per heavy atom. The Kier molecular flexibility index (Phi) is 7.65. The highest BCUT2D eigenvalue weighted by atomic mass is 16.5. The van der Waals surface area contributed by atoms with Gasteiger partial charge in [-0.1, -0.05) is 5.92 Å². The molecule has 0 aromatic heterocycles. The van der Waals surface area contributed by atoms with E-state index in [9.17, 15) is 9.59 Å². The Bertz CT molecular complexity index is 757. The van der Waals surface area contributed by atoms with Crippen molar-refractivity contribution in [3.63, 3.8) is 0 Å². The maximum atomic E-state index is 12.9. The molecule has 0 unspecified atom stereocenters. The van der Waals surface area contributed by atoms with Crippen LogP contribution in [-0.2, 0) is 25.5 Å². The molecule has 1 saturated carbocycles. The Hall–Kier alpha value is -2.32. The largest absolute Gasteiger partial charge is 0.467 e. The average molecular weight is 386 g/mol. The highest BCUT2D eigenvalue weighted by molar-refractivity contribution is 5.89. The molecule has 1 aliphatic rings. The molecule has 0 atom stereocenters. The van der Waals surface area contributed by atoms with E-state index in [0.717, 1.165) is 35.1 Å². The van der Waals surface area contributed by atoms with Crippen LogP contribution in [0.25, 0.3) is 0 Å². The van der Waals surface area contributed by atoms with Gasteiger partial charge in [0.15, 0.2) is 0 Å². The van der Waals surface area contributed by atoms with Crippen molar-refractivity contribution in [1.29, 1.82) is 0 Å². The van der Waals surface area contributed by atoms with E-state index < -0.39 is 5.54 Å². The van der Waals surface area contributed by atoms with Crippen LogP contribution in [0.5, 0.6) is 0 Å². The summed E-state index contributed by atoms with van der Waals surface area (Å²) in [6.45, 7) is 8.39. The van der Waals surface area contributed by atoms with E-state index in [2.05, 4.69) is 17.2 Å². The number of methoxy groups -OCH3 is 1. The summed E-state index contributed by atoms with van der Waals surface area (Å²) in [5.74, 6) is 5.41. The molecule has 0 saturated heterocycles. The second kappa shape index (κ2) is 9.75. The predicted molar refractivity (Wildman–Crippen MR) is 109 cm³/mol. The third kappa shape index (κ3) is 5.14. The van der Waals surface area contributed by atoms with Gasteiger partial charge in [0.25, 0.3) is 0 Å². The molecule has 0 heterocycles. The van der Waals surface area contributed by atoms with Crippen LogP contribution in [0.4, 0.5) is 0 Å². The molecule has 0 spiro atoms. The summed E-state index contributed by atoms with van der Waals surface area (Å²) in [7, 11) is 1.37. The zero-order valence-corrected chi connectivity index (χ0v) is 17.6. The van der Waals surface area contributed by atoms with Crippen molar-refractivity contribution in [2.45, 2.75) is 71.4 Å². The molecule has 1 aromatic carbocycles. The molecule has 1 N–H and O–H groups in total. The van der Waals surface area contributed by atoms with E-state index in [0.29, 0.717) is 19.4 Å². The third-order valence-electron chi connectivity index (χ3n) is 5.45. The van der Waals surface area contributed by atoms with Gasteiger partial charge in [-0.3, -0.25) is 4.79 Å². The van der Waals surface area contributed by atoms with Gasteiger partial charge in [0.2, 0.25) is 5.91 Å². The Balaban J connectivity index is 2.15. The van der Waals surface area contributed by atoms with Crippen molar-refractivity contribution in [2.24, 2.45) is 0 Å². The lowest BCUT2D eigenvalue weighted by Gasteiger charge is -2.38. The number of hydrogen-bond acceptors (Lipinski definition) is 4. The molecule has 1 aliphatic carbocycles. The molecule has 5 heteroatoms. The zero-order valence-electron chi connectivity index (χ0n) is 17.6. The smallest absolute Gasteiger partial charge is 0.331 e. The first-order chi connectivity index (χ1) is 13.3. The standard InChI is InChI=1S/C23H31NO4/c1-6-8-18-13-16(3)20(17(4)14-18)15-21(25)24-23(22(26)27-5)11-9-19(10-12-23)28-7-2/h13-14,19H,7,9-12,15H2,1-5H3,(H,24,25). The summed E-state index contributed by atoms with van der Waals surface area (Å²) < 4.78 is 10.7. The van der Waals surface area contributed by atoms with Gasteiger partial charge in [-0.2, -0.15) is 0 Å². The van der Waals surface area contributed by atoms with Crippen LogP contribution in [0.1, 0.15) is 61.8 Å². The van der Waals surface area contributed by atoms with Crippen LogP contribution in [0.3, 0.4) is 0 Å². The fourth-order valence-electron chi connectivity index (χ4n) is 4.02. The van der Waals surface area contributed by atoms with Crippen LogP contribution >= 0.6 is 0 Å². The minimum Gasteiger partial charge on any atom is -0.467 e. The number of ether oxygens (including phenoxy) is 2. The lowest BCUT2D eigenvalue weighted by Crippen LogP contribution is -2.57. The summed E-state index contributed by atoms with van der Waals surface area (Å²) in [6.07, 6.45) is 2.87. The monoisotopic (exact) mass is 385 g/mol. The van der Waals surface area contributed by atoms with Crippen molar-refractivity contribution in [3.05, 3.63) is 34.4 Å². The van der Waals surface area contributed by atoms with Crippen LogP contribution < -0.4 is 5.32 Å². The number of nitrogens with one attached hydrogen (secondary N) is 1. The minimum atomic E-state index is -0.963. The van der Waals surface area contributed by atoms with E-state index in [-0.39, 0.29) is 24.4 Å². The fourth-order valence-corrected chi connectivity index (χ4v) is 4.02. The summed E-state index contributed by atoms with van der Waals surface area (Å²) in [5, 5.41) is 2.99. The second-order valence-electron chi connectivity index (χ2n) is 7.42. The van der Waals surface area contributed by atoms with Crippen molar-refractivity contribution in [3.8, 4) is 11.8 Å². The first-order valence-electron chi connectivity index (χ1n) is 9.89. The summed E-state index contributed by atoms with van der Waals surface area (Å²) in [6, 6.07) is 3.99. The molecular weight excluding hydrogens is 354 g/mol. The highest BCUT2D eigenvalue weighted by Crippen LogP contribution is 2.31. The van der Waals surface area contributed by atoms with E-state index in [4.69, 9.17) is 9.47 Å². The topological polar surface area (TPSA) is 64.6 Å². The average Bonchev–Trinajstić information content (AvgIpc) is 2.66. The SMILES string of the molecule is CC#Cc1cc(C)c(CC(=O)NC2(C(=O)OC)CCC(OCC)CC2)c(C)c1. The number of aryl methyl sites for hydroxylation is 2. The normalized spacial score (nSPS) is 21.4. The van der Waals surface area contributed by atoms with Crippen LogP contribution in [0.2, 0.25) is 0 Å². The van der Waals surface area contributed by atoms with Gasteiger partial charge in [0, 0.05) is 12.2 Å². The van der Waals surface area contributed by atoms with Crippen molar-refractivity contribution in [1.82, 2.24) is 5.32 Å². The van der Waals surface area contributed by atoms with Crippen LogP contribution in [-0.4, -0.2) is 37.2 Å². The fraction of sp³-hybridized carbons (Fsp3) is 0.565. The van der Waals surface area contributed by atoms with E-state index in [1.165, 1.54) is 7.11 Å². The number of esters is 1. The number of benzene rings is 1. The third-order valence-corrected chi connectivity index (χ3v) is 5.45. The van der Waals surface area contributed by atoms with Crippen LogP contribution in [0, 0.1) is 25.7 Å². The lowest BCUT2D eigenvalue weighted by atomic mass is 9.80. The van der Waals surface area contributed by atoms with Crippen molar-refractivity contribution >= 4 is 11.9 Å². The van der Waals surface area contributed by atoms with E-state index >= 15 is 0 Å². The molecule has 0 aliphatic heterocycles. The Morgan fingerprint density at radius 2 is 1.82 bits per heavy atom. The number of carbonyl (C=O) groups excluding carboxylic acids is 2. The molecular formula is C23H31NO4. The molecule has 1 aromatic rings. The molecule has 0 bridgehead atoms. The number of amides is 1. The summed E-state index contributed by atoms with van der Waals surface area (Å²) in [5.41, 5.74) is 3.01. The van der Waals surface area contributed by atoms with Crippen LogP contribution in [0.15, 0.2) is 12.1 Å². The van der Waals surface area contributed by atoms with E-state index in [1.54, 1.807) is 6.92 Å². The Labute approximate surface area is 168 Å². The van der Waals surface area contributed by atoms with Gasteiger partial charge in [0.05, 0.1) is 19.6 Å². The second-order valence-corrected chi connectivity index (χ2v) is 7.42. The number of hydrogen-bond donors (Lipinski definition) is 1. The highest BCUT2D eigenvalue weighted by Gasteiger charge is 2.44. The molecule has 1 fully saturated rings. The van der Waals surface area contributed by atoms with Gasteiger partial charge in [-0.15, -0.1) is 5.92 Å². The maximum absolute atomic E-state index is 12.9. The molecule has 152 valence electrons.